The monoisotopic (exact) mass is 442 g/mol. The van der Waals surface area contributed by atoms with Gasteiger partial charge in [0, 0.05) is 10.3 Å². The van der Waals surface area contributed by atoms with Crippen molar-refractivity contribution in [2.75, 3.05) is 0 Å². The van der Waals surface area contributed by atoms with Crippen molar-refractivity contribution >= 4 is 28.9 Å². The van der Waals surface area contributed by atoms with Crippen molar-refractivity contribution in [1.29, 1.82) is 0 Å². The van der Waals surface area contributed by atoms with Crippen LogP contribution in [0.1, 0.15) is 99.5 Å². The van der Waals surface area contributed by atoms with Crippen LogP contribution in [0.2, 0.25) is 0 Å². The van der Waals surface area contributed by atoms with Crippen molar-refractivity contribution in [3.05, 3.63) is 21.9 Å². The summed E-state index contributed by atoms with van der Waals surface area (Å²) in [5.41, 5.74) is 0. The third-order valence-electron chi connectivity index (χ3n) is 6.03. The first-order valence-corrected chi connectivity index (χ1v) is 12.8. The van der Waals surface area contributed by atoms with Gasteiger partial charge in [-0.3, -0.25) is 0 Å². The molecule has 3 nitrogen and oxygen atoms in total. The Bertz CT molecular complexity index is 601. The summed E-state index contributed by atoms with van der Waals surface area (Å²) in [4.78, 5) is 13.9. The number of hydrogen-bond acceptors (Lipinski definition) is 4. The van der Waals surface area contributed by atoms with E-state index in [1.807, 2.05) is 26.0 Å². The average molecular weight is 443 g/mol. The predicted molar refractivity (Wildman–Crippen MR) is 123 cm³/mol. The standard InChI is InChI=1S/C24H39ClO3S/c1-4-5-6-7-8-9-12-20-19(21(25)16-22(20)26)13-10-11-18-14-15-23(29-18)24(27)28-17(2)3/h14-15,17,19-22,26H,4-13,16H2,1-3H3/t19-,20-,21-,22-/m1/s1. The number of alkyl halides is 1. The fourth-order valence-corrected chi connectivity index (χ4v) is 5.93. The Balaban J connectivity index is 1.75. The second kappa shape index (κ2) is 13.0. The number of carbonyl (C=O) groups is 1. The minimum absolute atomic E-state index is 0.0916. The number of aliphatic hydroxyl groups excluding tert-OH is 1. The molecule has 0 spiro atoms. The number of hydrogen-bond donors (Lipinski definition) is 1. The van der Waals surface area contributed by atoms with Gasteiger partial charge in [-0.1, -0.05) is 45.4 Å². The Kier molecular flexibility index (Phi) is 11.0. The maximum Gasteiger partial charge on any atom is 0.348 e. The maximum atomic E-state index is 12.0. The Morgan fingerprint density at radius 3 is 2.55 bits per heavy atom. The molecule has 0 radical (unpaired) electrons. The minimum Gasteiger partial charge on any atom is -0.459 e. The van der Waals surface area contributed by atoms with Crippen LogP contribution < -0.4 is 0 Å². The van der Waals surface area contributed by atoms with Gasteiger partial charge in [-0.15, -0.1) is 22.9 Å². The molecule has 1 aliphatic rings. The lowest BCUT2D eigenvalue weighted by Crippen LogP contribution is -2.21. The summed E-state index contributed by atoms with van der Waals surface area (Å²) in [5.74, 6) is 0.534. The van der Waals surface area contributed by atoms with E-state index in [2.05, 4.69) is 6.92 Å². The van der Waals surface area contributed by atoms with Gasteiger partial charge in [0.05, 0.1) is 12.2 Å². The van der Waals surface area contributed by atoms with Gasteiger partial charge in [0.15, 0.2) is 0 Å². The quantitative estimate of drug-likeness (QED) is 0.203. The normalized spacial score (nSPS) is 24.3. The highest BCUT2D eigenvalue weighted by Gasteiger charge is 2.40. The van der Waals surface area contributed by atoms with Crippen LogP contribution in [0.25, 0.3) is 0 Å². The number of thiophene rings is 1. The lowest BCUT2D eigenvalue weighted by atomic mass is 9.85. The second-order valence-electron chi connectivity index (χ2n) is 8.82. The highest BCUT2D eigenvalue weighted by atomic mass is 35.5. The zero-order valence-corrected chi connectivity index (χ0v) is 19.9. The van der Waals surface area contributed by atoms with Crippen LogP contribution in [-0.4, -0.2) is 28.7 Å². The molecule has 0 aromatic carbocycles. The molecular formula is C24H39ClO3S. The van der Waals surface area contributed by atoms with Crippen molar-refractivity contribution in [2.24, 2.45) is 11.8 Å². The first-order chi connectivity index (χ1) is 13.9. The number of halogens is 1. The van der Waals surface area contributed by atoms with Gasteiger partial charge in [0.25, 0.3) is 0 Å². The number of aryl methyl sites for hydroxylation is 1. The molecule has 1 N–H and O–H groups in total. The van der Waals surface area contributed by atoms with E-state index in [4.69, 9.17) is 16.3 Å². The van der Waals surface area contributed by atoms with E-state index in [9.17, 15) is 9.90 Å². The molecule has 1 aliphatic carbocycles. The van der Waals surface area contributed by atoms with Crippen molar-refractivity contribution in [1.82, 2.24) is 0 Å². The van der Waals surface area contributed by atoms with Gasteiger partial charge in [0.2, 0.25) is 0 Å². The molecule has 1 fully saturated rings. The molecule has 1 saturated carbocycles. The maximum absolute atomic E-state index is 12.0. The number of ether oxygens (including phenoxy) is 1. The summed E-state index contributed by atoms with van der Waals surface area (Å²) in [5, 5.41) is 10.6. The molecule has 166 valence electrons. The molecule has 1 heterocycles. The van der Waals surface area contributed by atoms with Crippen LogP contribution in [0.3, 0.4) is 0 Å². The molecule has 0 aliphatic heterocycles. The van der Waals surface area contributed by atoms with E-state index in [1.54, 1.807) is 0 Å². The van der Waals surface area contributed by atoms with Gasteiger partial charge >= 0.3 is 5.97 Å². The van der Waals surface area contributed by atoms with Gasteiger partial charge in [-0.05, 0) is 69.9 Å². The molecule has 29 heavy (non-hydrogen) atoms. The minimum atomic E-state index is -0.239. The number of aliphatic hydroxyl groups is 1. The Hall–Kier alpha value is -0.580. The fraction of sp³-hybridized carbons (Fsp3) is 0.792. The Morgan fingerprint density at radius 1 is 1.14 bits per heavy atom. The smallest absolute Gasteiger partial charge is 0.348 e. The SMILES string of the molecule is CCCCCCCC[C@@H]1[C@@H](CCCc2ccc(C(=O)OC(C)C)s2)[C@H](Cl)C[C@H]1O. The molecule has 0 unspecified atom stereocenters. The van der Waals surface area contributed by atoms with Crippen molar-refractivity contribution in [2.45, 2.75) is 109 Å². The van der Waals surface area contributed by atoms with Gasteiger partial charge < -0.3 is 9.84 Å². The van der Waals surface area contributed by atoms with Crippen molar-refractivity contribution in [3.8, 4) is 0 Å². The second-order valence-corrected chi connectivity index (χ2v) is 10.5. The molecular weight excluding hydrogens is 404 g/mol. The molecule has 1 aromatic heterocycles. The zero-order chi connectivity index (χ0) is 21.2. The van der Waals surface area contributed by atoms with Crippen LogP contribution in [0.15, 0.2) is 12.1 Å². The summed E-state index contributed by atoms with van der Waals surface area (Å²) >= 11 is 8.14. The third kappa shape index (κ3) is 8.22. The van der Waals surface area contributed by atoms with E-state index in [0.717, 1.165) is 32.1 Å². The summed E-state index contributed by atoms with van der Waals surface area (Å²) in [6.07, 6.45) is 12.3. The molecule has 1 aromatic rings. The summed E-state index contributed by atoms with van der Waals surface area (Å²) in [7, 11) is 0. The molecule has 4 atom stereocenters. The molecule has 0 bridgehead atoms. The van der Waals surface area contributed by atoms with E-state index in [1.165, 1.54) is 54.7 Å². The predicted octanol–water partition coefficient (Wildman–Crippen LogP) is 6.99. The van der Waals surface area contributed by atoms with Crippen LogP contribution in [0.5, 0.6) is 0 Å². The molecule has 0 saturated heterocycles. The molecule has 5 heteroatoms. The van der Waals surface area contributed by atoms with Gasteiger partial charge in [-0.25, -0.2) is 4.79 Å². The van der Waals surface area contributed by atoms with E-state index < -0.39 is 0 Å². The molecule has 2 rings (SSSR count). The largest absolute Gasteiger partial charge is 0.459 e. The molecule has 0 amide bonds. The summed E-state index contributed by atoms with van der Waals surface area (Å²) < 4.78 is 5.27. The topological polar surface area (TPSA) is 46.5 Å². The lowest BCUT2D eigenvalue weighted by molar-refractivity contribution is 0.0384. The fourth-order valence-electron chi connectivity index (χ4n) is 4.50. The Labute approximate surface area is 186 Å². The number of unbranched alkanes of at least 4 members (excludes halogenated alkanes) is 5. The van der Waals surface area contributed by atoms with Gasteiger partial charge in [0.1, 0.15) is 4.88 Å². The van der Waals surface area contributed by atoms with E-state index >= 15 is 0 Å². The zero-order valence-electron chi connectivity index (χ0n) is 18.4. The number of carbonyl (C=O) groups excluding carboxylic acids is 1. The van der Waals surface area contributed by atoms with Crippen molar-refractivity contribution < 1.29 is 14.6 Å². The van der Waals surface area contributed by atoms with Crippen LogP contribution >= 0.6 is 22.9 Å². The van der Waals surface area contributed by atoms with Crippen LogP contribution in [0, 0.1) is 11.8 Å². The highest BCUT2D eigenvalue weighted by Crippen LogP contribution is 2.42. The van der Waals surface area contributed by atoms with Crippen molar-refractivity contribution in [3.63, 3.8) is 0 Å². The highest BCUT2D eigenvalue weighted by molar-refractivity contribution is 7.13. The first-order valence-electron chi connectivity index (χ1n) is 11.5. The van der Waals surface area contributed by atoms with Crippen LogP contribution in [-0.2, 0) is 11.2 Å². The Morgan fingerprint density at radius 2 is 1.83 bits per heavy atom. The first kappa shape index (κ1) is 24.7. The van der Waals surface area contributed by atoms with E-state index in [-0.39, 0.29) is 23.6 Å². The number of rotatable bonds is 13. The third-order valence-corrected chi connectivity index (χ3v) is 7.66. The average Bonchev–Trinajstić information content (AvgIpc) is 3.23. The number of esters is 1. The van der Waals surface area contributed by atoms with Gasteiger partial charge in [-0.2, -0.15) is 0 Å². The summed E-state index contributed by atoms with van der Waals surface area (Å²) in [6, 6.07) is 3.91. The lowest BCUT2D eigenvalue weighted by Gasteiger charge is -2.23. The summed E-state index contributed by atoms with van der Waals surface area (Å²) in [6.45, 7) is 5.98. The van der Waals surface area contributed by atoms with Crippen LogP contribution in [0.4, 0.5) is 0 Å². The van der Waals surface area contributed by atoms with E-state index in [0.29, 0.717) is 16.7 Å².